The molecule has 1 saturated heterocycles. The summed E-state index contributed by atoms with van der Waals surface area (Å²) >= 11 is 0. The number of nitrogens with zero attached hydrogens (tertiary/aromatic N) is 3. The van der Waals surface area contributed by atoms with Crippen LogP contribution in [-0.4, -0.2) is 60.5 Å². The van der Waals surface area contributed by atoms with Crippen molar-refractivity contribution in [3.05, 3.63) is 77.5 Å². The van der Waals surface area contributed by atoms with E-state index in [-0.39, 0.29) is 11.9 Å². The normalized spacial score (nSPS) is 16.6. The van der Waals surface area contributed by atoms with Gasteiger partial charge in [-0.25, -0.2) is 0 Å². The highest BCUT2D eigenvalue weighted by Crippen LogP contribution is 2.20. The smallest absolute Gasteiger partial charge is 0.253 e. The molecular formula is C24H28N4O. The zero-order chi connectivity index (χ0) is 20.2. The quantitative estimate of drug-likeness (QED) is 0.729. The third-order valence-electron chi connectivity index (χ3n) is 5.70. The number of aromatic nitrogens is 1. The van der Waals surface area contributed by atoms with Crippen LogP contribution in [0.5, 0.6) is 0 Å². The number of likely N-dealkylation sites (N-methyl/N-ethyl adjacent to an activating group) is 1. The van der Waals surface area contributed by atoms with Gasteiger partial charge in [-0.2, -0.15) is 0 Å². The van der Waals surface area contributed by atoms with Gasteiger partial charge in [-0.3, -0.25) is 14.7 Å². The molecule has 1 atom stereocenters. The molecule has 2 heterocycles. The maximum atomic E-state index is 13.2. The van der Waals surface area contributed by atoms with Crippen LogP contribution in [0, 0.1) is 6.92 Å². The summed E-state index contributed by atoms with van der Waals surface area (Å²) in [5.74, 6) is -0.0660. The van der Waals surface area contributed by atoms with E-state index in [1.807, 2.05) is 55.5 Å². The van der Waals surface area contributed by atoms with E-state index in [2.05, 4.69) is 39.3 Å². The number of rotatable bonds is 5. The van der Waals surface area contributed by atoms with E-state index in [1.54, 1.807) is 0 Å². The van der Waals surface area contributed by atoms with Gasteiger partial charge in [0.15, 0.2) is 0 Å². The summed E-state index contributed by atoms with van der Waals surface area (Å²) in [5, 5.41) is 4.26. The number of pyridine rings is 1. The van der Waals surface area contributed by atoms with Gasteiger partial charge in [0.1, 0.15) is 0 Å². The SMILES string of the molecule is Cc1nc2ccccc2cc1C(=O)NC(CN1CCN(C)CC1)c1ccccc1. The van der Waals surface area contributed by atoms with Crippen LogP contribution < -0.4 is 5.32 Å². The highest BCUT2D eigenvalue weighted by atomic mass is 16.1. The van der Waals surface area contributed by atoms with Gasteiger partial charge in [0, 0.05) is 38.1 Å². The first-order chi connectivity index (χ1) is 14.1. The summed E-state index contributed by atoms with van der Waals surface area (Å²) in [6.07, 6.45) is 0. The van der Waals surface area contributed by atoms with Crippen molar-refractivity contribution in [1.82, 2.24) is 20.1 Å². The molecule has 3 aromatic rings. The van der Waals surface area contributed by atoms with Crippen LogP contribution >= 0.6 is 0 Å². The van der Waals surface area contributed by atoms with Crippen LogP contribution in [0.1, 0.15) is 27.7 Å². The fraction of sp³-hybridized carbons (Fsp3) is 0.333. The first kappa shape index (κ1) is 19.6. The molecule has 1 N–H and O–H groups in total. The molecule has 1 amide bonds. The molecule has 1 aromatic heterocycles. The zero-order valence-electron chi connectivity index (χ0n) is 17.1. The lowest BCUT2D eigenvalue weighted by Crippen LogP contribution is -2.47. The lowest BCUT2D eigenvalue weighted by molar-refractivity contribution is 0.0906. The monoisotopic (exact) mass is 388 g/mol. The number of nitrogens with one attached hydrogen (secondary N) is 1. The van der Waals surface area contributed by atoms with E-state index >= 15 is 0 Å². The maximum absolute atomic E-state index is 13.2. The molecule has 2 aromatic carbocycles. The van der Waals surface area contributed by atoms with Crippen LogP contribution in [0.25, 0.3) is 10.9 Å². The number of carbonyl (C=O) groups is 1. The third-order valence-corrected chi connectivity index (χ3v) is 5.70. The van der Waals surface area contributed by atoms with Gasteiger partial charge in [0.05, 0.1) is 22.8 Å². The topological polar surface area (TPSA) is 48.5 Å². The fourth-order valence-electron chi connectivity index (χ4n) is 3.89. The van der Waals surface area contributed by atoms with Gasteiger partial charge < -0.3 is 10.2 Å². The number of benzene rings is 2. The molecular weight excluding hydrogens is 360 g/mol. The largest absolute Gasteiger partial charge is 0.344 e. The van der Waals surface area contributed by atoms with E-state index in [9.17, 15) is 4.79 Å². The summed E-state index contributed by atoms with van der Waals surface area (Å²) in [7, 11) is 2.16. The second-order valence-corrected chi connectivity index (χ2v) is 7.85. The van der Waals surface area contributed by atoms with Crippen molar-refractivity contribution in [3.63, 3.8) is 0 Å². The molecule has 4 rings (SSSR count). The molecule has 1 unspecified atom stereocenters. The Morgan fingerprint density at radius 1 is 1.03 bits per heavy atom. The Balaban J connectivity index is 1.57. The minimum absolute atomic E-state index is 0.0574. The van der Waals surface area contributed by atoms with Crippen molar-refractivity contribution in [2.24, 2.45) is 0 Å². The van der Waals surface area contributed by atoms with E-state index in [0.29, 0.717) is 5.56 Å². The number of para-hydroxylation sites is 1. The number of hydrogen-bond acceptors (Lipinski definition) is 4. The summed E-state index contributed by atoms with van der Waals surface area (Å²) in [6, 6.07) is 20.1. The van der Waals surface area contributed by atoms with Crippen LogP contribution in [0.2, 0.25) is 0 Å². The van der Waals surface area contributed by atoms with Crippen LogP contribution in [0.3, 0.4) is 0 Å². The first-order valence-corrected chi connectivity index (χ1v) is 10.2. The Hall–Kier alpha value is -2.76. The van der Waals surface area contributed by atoms with Gasteiger partial charge in [-0.05, 0) is 31.7 Å². The fourth-order valence-corrected chi connectivity index (χ4v) is 3.89. The Morgan fingerprint density at radius 2 is 1.72 bits per heavy atom. The molecule has 29 heavy (non-hydrogen) atoms. The Kier molecular flexibility index (Phi) is 5.88. The van der Waals surface area contributed by atoms with E-state index in [1.165, 1.54) is 0 Å². The Bertz CT molecular complexity index is 981. The van der Waals surface area contributed by atoms with Crippen molar-refractivity contribution in [3.8, 4) is 0 Å². The van der Waals surface area contributed by atoms with Crippen molar-refractivity contribution in [2.75, 3.05) is 39.8 Å². The first-order valence-electron chi connectivity index (χ1n) is 10.2. The highest BCUT2D eigenvalue weighted by Gasteiger charge is 2.22. The van der Waals surface area contributed by atoms with Crippen LogP contribution in [-0.2, 0) is 0 Å². The second-order valence-electron chi connectivity index (χ2n) is 7.85. The molecule has 0 spiro atoms. The number of piperazine rings is 1. The molecule has 1 fully saturated rings. The average molecular weight is 389 g/mol. The van der Waals surface area contributed by atoms with Crippen molar-refractivity contribution >= 4 is 16.8 Å². The second kappa shape index (κ2) is 8.72. The molecule has 5 heteroatoms. The number of aryl methyl sites for hydroxylation is 1. The Labute approximate surface area is 172 Å². The lowest BCUT2D eigenvalue weighted by Gasteiger charge is -2.35. The van der Waals surface area contributed by atoms with Gasteiger partial charge in [-0.15, -0.1) is 0 Å². The van der Waals surface area contributed by atoms with Gasteiger partial charge in [0.25, 0.3) is 5.91 Å². The summed E-state index contributed by atoms with van der Waals surface area (Å²) in [4.78, 5) is 22.6. The predicted molar refractivity (Wildman–Crippen MR) is 117 cm³/mol. The highest BCUT2D eigenvalue weighted by molar-refractivity contribution is 5.98. The third kappa shape index (κ3) is 4.63. The maximum Gasteiger partial charge on any atom is 0.253 e. The predicted octanol–water partition coefficient (Wildman–Crippen LogP) is 3.26. The number of carbonyl (C=O) groups excluding carboxylic acids is 1. The number of amides is 1. The molecule has 1 aliphatic rings. The lowest BCUT2D eigenvalue weighted by atomic mass is 10.0. The molecule has 0 bridgehead atoms. The summed E-state index contributed by atoms with van der Waals surface area (Å²) in [6.45, 7) is 6.87. The molecule has 5 nitrogen and oxygen atoms in total. The summed E-state index contributed by atoms with van der Waals surface area (Å²) < 4.78 is 0. The summed E-state index contributed by atoms with van der Waals surface area (Å²) in [5.41, 5.74) is 3.44. The van der Waals surface area contributed by atoms with Crippen molar-refractivity contribution < 1.29 is 4.79 Å². The molecule has 0 saturated carbocycles. The standard InChI is InChI=1S/C24H28N4O/c1-18-21(16-20-10-6-7-11-22(20)25-18)24(29)26-23(19-8-4-3-5-9-19)17-28-14-12-27(2)13-15-28/h3-11,16,23H,12-15,17H2,1-2H3,(H,26,29). The van der Waals surface area contributed by atoms with Gasteiger partial charge >= 0.3 is 0 Å². The molecule has 1 aliphatic heterocycles. The van der Waals surface area contributed by atoms with Crippen LogP contribution in [0.15, 0.2) is 60.7 Å². The molecule has 0 aliphatic carbocycles. The number of hydrogen-bond donors (Lipinski definition) is 1. The van der Waals surface area contributed by atoms with Crippen LogP contribution in [0.4, 0.5) is 0 Å². The van der Waals surface area contributed by atoms with Crippen molar-refractivity contribution in [1.29, 1.82) is 0 Å². The van der Waals surface area contributed by atoms with Gasteiger partial charge in [0.2, 0.25) is 0 Å². The molecule has 150 valence electrons. The minimum atomic E-state index is -0.0660. The minimum Gasteiger partial charge on any atom is -0.344 e. The molecule has 0 radical (unpaired) electrons. The van der Waals surface area contributed by atoms with E-state index < -0.39 is 0 Å². The van der Waals surface area contributed by atoms with Crippen molar-refractivity contribution in [2.45, 2.75) is 13.0 Å². The number of fused-ring (bicyclic) bond motifs is 1. The zero-order valence-corrected chi connectivity index (χ0v) is 17.1. The van der Waals surface area contributed by atoms with E-state index in [4.69, 9.17) is 0 Å². The van der Waals surface area contributed by atoms with Gasteiger partial charge in [-0.1, -0.05) is 48.5 Å². The Morgan fingerprint density at radius 3 is 2.48 bits per heavy atom. The van der Waals surface area contributed by atoms with E-state index in [0.717, 1.165) is 54.9 Å². The average Bonchev–Trinajstić information content (AvgIpc) is 2.75.